The molecule has 0 saturated heterocycles. The van der Waals surface area contributed by atoms with Gasteiger partial charge in [0.15, 0.2) is 0 Å². The molecule has 0 amide bonds. The van der Waals surface area contributed by atoms with Gasteiger partial charge in [-0.1, -0.05) is 12.1 Å². The summed E-state index contributed by atoms with van der Waals surface area (Å²) in [6.07, 6.45) is 0. The summed E-state index contributed by atoms with van der Waals surface area (Å²) in [5.74, 6) is 0.777. The molecule has 1 aliphatic rings. The first-order valence-electron chi connectivity index (χ1n) is 4.98. The van der Waals surface area contributed by atoms with Crippen molar-refractivity contribution in [2.45, 2.75) is 6.54 Å². The minimum absolute atomic E-state index is 0.0694. The number of likely N-dealkylation sites (N-methyl/N-ethyl adjacent to an activating group) is 1. The zero-order valence-electron chi connectivity index (χ0n) is 8.47. The Kier molecular flexibility index (Phi) is 1.59. The summed E-state index contributed by atoms with van der Waals surface area (Å²) in [5, 5.41) is 0.705. The molecule has 15 heavy (non-hydrogen) atoms. The molecule has 0 fully saturated rings. The van der Waals surface area contributed by atoms with Gasteiger partial charge in [0.05, 0.1) is 10.9 Å². The summed E-state index contributed by atoms with van der Waals surface area (Å²) in [6, 6.07) is 7.48. The Morgan fingerprint density at radius 3 is 2.93 bits per heavy atom. The number of aromatic nitrogens is 2. The van der Waals surface area contributed by atoms with Gasteiger partial charge >= 0.3 is 0 Å². The monoisotopic (exact) mass is 201 g/mol. The second-order valence-corrected chi connectivity index (χ2v) is 3.81. The highest BCUT2D eigenvalue weighted by Crippen LogP contribution is 2.17. The molecule has 3 rings (SSSR count). The molecule has 0 radical (unpaired) electrons. The van der Waals surface area contributed by atoms with E-state index >= 15 is 0 Å². The first-order valence-corrected chi connectivity index (χ1v) is 4.98. The van der Waals surface area contributed by atoms with Gasteiger partial charge in [-0.3, -0.25) is 9.36 Å². The van der Waals surface area contributed by atoms with Crippen LogP contribution >= 0.6 is 0 Å². The molecule has 4 heteroatoms. The van der Waals surface area contributed by atoms with Crippen LogP contribution in [0, 0.1) is 0 Å². The molecule has 0 aliphatic carbocycles. The average Bonchev–Trinajstić information content (AvgIpc) is 2.62. The van der Waals surface area contributed by atoms with Gasteiger partial charge in [-0.05, 0) is 12.1 Å². The maximum absolute atomic E-state index is 12.1. The molecule has 2 aromatic rings. The van der Waals surface area contributed by atoms with Gasteiger partial charge in [-0.25, -0.2) is 4.98 Å². The van der Waals surface area contributed by atoms with E-state index in [1.807, 2.05) is 36.2 Å². The molecular formula is C11H11N3O. The normalized spacial score (nSPS) is 14.6. The third kappa shape index (κ3) is 1.08. The zero-order chi connectivity index (χ0) is 10.4. The van der Waals surface area contributed by atoms with Crippen molar-refractivity contribution in [3.05, 3.63) is 34.6 Å². The Balaban J connectivity index is 2.46. The van der Waals surface area contributed by atoms with Crippen molar-refractivity contribution >= 4 is 16.9 Å². The van der Waals surface area contributed by atoms with Crippen molar-refractivity contribution in [3.8, 4) is 0 Å². The summed E-state index contributed by atoms with van der Waals surface area (Å²) >= 11 is 0. The van der Waals surface area contributed by atoms with Crippen molar-refractivity contribution in [3.63, 3.8) is 0 Å². The Bertz CT molecular complexity index is 588. The number of para-hydroxylation sites is 1. The van der Waals surface area contributed by atoms with Crippen molar-refractivity contribution < 1.29 is 0 Å². The van der Waals surface area contributed by atoms with E-state index in [1.165, 1.54) is 0 Å². The second kappa shape index (κ2) is 2.82. The van der Waals surface area contributed by atoms with Crippen LogP contribution < -0.4 is 10.5 Å². The predicted octanol–water partition coefficient (Wildman–Crippen LogP) is 0.846. The molecule has 1 aromatic carbocycles. The molecule has 76 valence electrons. The molecule has 0 saturated carbocycles. The van der Waals surface area contributed by atoms with E-state index in [1.54, 1.807) is 4.57 Å². The third-order valence-electron chi connectivity index (χ3n) is 2.84. The molecule has 0 unspecified atom stereocenters. The smallest absolute Gasteiger partial charge is 0.262 e. The van der Waals surface area contributed by atoms with Crippen molar-refractivity contribution in [1.82, 2.24) is 9.55 Å². The van der Waals surface area contributed by atoms with E-state index in [4.69, 9.17) is 0 Å². The van der Waals surface area contributed by atoms with Crippen molar-refractivity contribution in [1.29, 1.82) is 0 Å². The molecule has 0 N–H and O–H groups in total. The lowest BCUT2D eigenvalue weighted by Gasteiger charge is -2.09. The summed E-state index contributed by atoms with van der Waals surface area (Å²) in [7, 11) is 1.96. The lowest BCUT2D eigenvalue weighted by Crippen LogP contribution is -2.20. The van der Waals surface area contributed by atoms with Crippen molar-refractivity contribution in [2.24, 2.45) is 0 Å². The van der Waals surface area contributed by atoms with Gasteiger partial charge in [-0.2, -0.15) is 0 Å². The fourth-order valence-corrected chi connectivity index (χ4v) is 2.00. The molecule has 0 atom stereocenters. The molecular weight excluding hydrogens is 190 g/mol. The van der Waals surface area contributed by atoms with Crippen LogP contribution in [0.15, 0.2) is 29.1 Å². The van der Waals surface area contributed by atoms with Crippen LogP contribution in [0.25, 0.3) is 10.9 Å². The lowest BCUT2D eigenvalue weighted by molar-refractivity contribution is 0.765. The lowest BCUT2D eigenvalue weighted by atomic mass is 10.2. The Morgan fingerprint density at radius 1 is 1.27 bits per heavy atom. The molecule has 4 nitrogen and oxygen atoms in total. The summed E-state index contributed by atoms with van der Waals surface area (Å²) in [5.41, 5.74) is 0.849. The highest BCUT2D eigenvalue weighted by Gasteiger charge is 2.19. The highest BCUT2D eigenvalue weighted by atomic mass is 16.1. The Morgan fingerprint density at radius 2 is 2.07 bits per heavy atom. The SMILES string of the molecule is CN1CCn2c1nc1ccccc1c2=O. The Labute approximate surface area is 86.8 Å². The minimum Gasteiger partial charge on any atom is -0.343 e. The van der Waals surface area contributed by atoms with E-state index in [9.17, 15) is 4.79 Å². The first kappa shape index (κ1) is 8.47. The van der Waals surface area contributed by atoms with Crippen LogP contribution in [0.3, 0.4) is 0 Å². The number of rotatable bonds is 0. The number of benzene rings is 1. The largest absolute Gasteiger partial charge is 0.343 e. The third-order valence-corrected chi connectivity index (χ3v) is 2.84. The maximum Gasteiger partial charge on any atom is 0.262 e. The molecule has 1 aromatic heterocycles. The predicted molar refractivity (Wildman–Crippen MR) is 59.3 cm³/mol. The van der Waals surface area contributed by atoms with E-state index < -0.39 is 0 Å². The second-order valence-electron chi connectivity index (χ2n) is 3.81. The summed E-state index contributed by atoms with van der Waals surface area (Å²) < 4.78 is 1.74. The highest BCUT2D eigenvalue weighted by molar-refractivity contribution is 5.78. The van der Waals surface area contributed by atoms with Crippen LogP contribution in [-0.2, 0) is 6.54 Å². The fraction of sp³-hybridized carbons (Fsp3) is 0.273. The van der Waals surface area contributed by atoms with Gasteiger partial charge in [0.1, 0.15) is 0 Å². The van der Waals surface area contributed by atoms with E-state index in [0.29, 0.717) is 5.39 Å². The quantitative estimate of drug-likeness (QED) is 0.634. The number of anilines is 1. The number of fused-ring (bicyclic) bond motifs is 2. The number of nitrogens with zero attached hydrogens (tertiary/aromatic N) is 3. The van der Waals surface area contributed by atoms with Gasteiger partial charge in [-0.15, -0.1) is 0 Å². The van der Waals surface area contributed by atoms with Crippen LogP contribution in [-0.4, -0.2) is 23.1 Å². The van der Waals surface area contributed by atoms with E-state index in [2.05, 4.69) is 4.98 Å². The van der Waals surface area contributed by atoms with Gasteiger partial charge in [0.2, 0.25) is 5.95 Å². The molecule has 0 bridgehead atoms. The van der Waals surface area contributed by atoms with E-state index in [0.717, 1.165) is 24.6 Å². The average molecular weight is 201 g/mol. The van der Waals surface area contributed by atoms with Crippen molar-refractivity contribution in [2.75, 3.05) is 18.5 Å². The minimum atomic E-state index is 0.0694. The summed E-state index contributed by atoms with van der Waals surface area (Å²) in [6.45, 7) is 1.60. The fourth-order valence-electron chi connectivity index (χ4n) is 2.00. The topological polar surface area (TPSA) is 38.1 Å². The molecule has 1 aliphatic heterocycles. The molecule has 2 heterocycles. The number of hydrogen-bond donors (Lipinski definition) is 0. The van der Waals surface area contributed by atoms with Crippen LogP contribution in [0.2, 0.25) is 0 Å². The summed E-state index contributed by atoms with van der Waals surface area (Å²) in [4.78, 5) is 18.6. The molecule has 0 spiro atoms. The standard InChI is InChI=1S/C11H11N3O/c1-13-6-7-14-10(15)8-4-2-3-5-9(8)12-11(13)14/h2-5H,6-7H2,1H3. The van der Waals surface area contributed by atoms with Crippen LogP contribution in [0.4, 0.5) is 5.95 Å². The van der Waals surface area contributed by atoms with Crippen LogP contribution in [0.1, 0.15) is 0 Å². The Hall–Kier alpha value is -1.84. The van der Waals surface area contributed by atoms with Crippen LogP contribution in [0.5, 0.6) is 0 Å². The maximum atomic E-state index is 12.1. The van der Waals surface area contributed by atoms with Gasteiger partial charge in [0, 0.05) is 20.1 Å². The van der Waals surface area contributed by atoms with Gasteiger partial charge < -0.3 is 4.90 Å². The number of hydrogen-bond acceptors (Lipinski definition) is 3. The first-order chi connectivity index (χ1) is 7.27. The zero-order valence-corrected chi connectivity index (χ0v) is 8.47. The van der Waals surface area contributed by atoms with E-state index in [-0.39, 0.29) is 5.56 Å². The van der Waals surface area contributed by atoms with Gasteiger partial charge in [0.25, 0.3) is 5.56 Å².